The highest BCUT2D eigenvalue weighted by molar-refractivity contribution is 9.11. The zero-order valence-electron chi connectivity index (χ0n) is 12.5. The van der Waals surface area contributed by atoms with Crippen molar-refractivity contribution < 1.29 is 19.6 Å². The number of nitrogens with zero attached hydrogens (tertiary/aromatic N) is 2. The molecule has 2 N–H and O–H groups in total. The van der Waals surface area contributed by atoms with Gasteiger partial charge in [0, 0.05) is 16.1 Å². The van der Waals surface area contributed by atoms with Gasteiger partial charge in [-0.1, -0.05) is 28.1 Å². The molecule has 8 nitrogen and oxygen atoms in total. The number of para-hydroxylation sites is 2. The van der Waals surface area contributed by atoms with Crippen molar-refractivity contribution in [3.63, 3.8) is 0 Å². The number of carbonyl (C=O) groups excluding carboxylic acids is 1. The normalized spacial score (nSPS) is 10.6. The standard InChI is InChI=1S/C15H11Br2N3O5/c16-10-5-9(15(22)11(17)6-10)7-18-19-14(21)8-25-13-4-2-1-3-12(13)20(23)24/h1-7,22H,8H2,(H,19,21). The van der Waals surface area contributed by atoms with Crippen LogP contribution in [-0.2, 0) is 4.79 Å². The van der Waals surface area contributed by atoms with Crippen LogP contribution >= 0.6 is 31.9 Å². The lowest BCUT2D eigenvalue weighted by Gasteiger charge is -2.05. The van der Waals surface area contributed by atoms with Gasteiger partial charge in [-0.05, 0) is 34.1 Å². The third kappa shape index (κ3) is 5.26. The Hall–Kier alpha value is -2.46. The van der Waals surface area contributed by atoms with Crippen LogP contribution < -0.4 is 10.2 Å². The van der Waals surface area contributed by atoms with Crippen LogP contribution in [0.2, 0.25) is 0 Å². The summed E-state index contributed by atoms with van der Waals surface area (Å²) in [4.78, 5) is 22.0. The smallest absolute Gasteiger partial charge is 0.310 e. The molecule has 2 rings (SSSR count). The fourth-order valence-corrected chi connectivity index (χ4v) is 3.02. The predicted octanol–water partition coefficient (Wildman–Crippen LogP) is 3.35. The van der Waals surface area contributed by atoms with Gasteiger partial charge in [-0.2, -0.15) is 5.10 Å². The van der Waals surface area contributed by atoms with Gasteiger partial charge in [0.2, 0.25) is 0 Å². The van der Waals surface area contributed by atoms with E-state index in [2.05, 4.69) is 42.4 Å². The molecule has 0 saturated heterocycles. The summed E-state index contributed by atoms with van der Waals surface area (Å²) in [5.74, 6) is -0.652. The number of carbonyl (C=O) groups is 1. The summed E-state index contributed by atoms with van der Waals surface area (Å²) in [6, 6.07) is 9.00. The largest absolute Gasteiger partial charge is 0.506 e. The van der Waals surface area contributed by atoms with E-state index < -0.39 is 17.4 Å². The molecule has 2 aromatic rings. The summed E-state index contributed by atoms with van der Waals surface area (Å²) >= 11 is 6.45. The maximum Gasteiger partial charge on any atom is 0.310 e. The number of rotatable bonds is 6. The molecule has 0 aliphatic carbocycles. The topological polar surface area (TPSA) is 114 Å². The van der Waals surface area contributed by atoms with Crippen LogP contribution in [0.25, 0.3) is 0 Å². The van der Waals surface area contributed by atoms with Crippen molar-refractivity contribution >= 4 is 49.7 Å². The molecule has 0 bridgehead atoms. The van der Waals surface area contributed by atoms with Gasteiger partial charge in [0.25, 0.3) is 5.91 Å². The Morgan fingerprint density at radius 2 is 2.08 bits per heavy atom. The van der Waals surface area contributed by atoms with Gasteiger partial charge in [-0.3, -0.25) is 14.9 Å². The molecule has 0 saturated carbocycles. The molecule has 0 heterocycles. The molecule has 0 aromatic heterocycles. The van der Waals surface area contributed by atoms with Gasteiger partial charge in [0.15, 0.2) is 12.4 Å². The molecule has 0 fully saturated rings. The average Bonchev–Trinajstić information content (AvgIpc) is 2.57. The Kier molecular flexibility index (Phi) is 6.48. The molecule has 0 aliphatic heterocycles. The van der Waals surface area contributed by atoms with E-state index in [1.54, 1.807) is 18.2 Å². The zero-order valence-corrected chi connectivity index (χ0v) is 15.7. The summed E-state index contributed by atoms with van der Waals surface area (Å²) in [6.45, 7) is -0.448. The van der Waals surface area contributed by atoms with Gasteiger partial charge < -0.3 is 9.84 Å². The minimum atomic E-state index is -0.608. The molecule has 1 amide bonds. The predicted molar refractivity (Wildman–Crippen MR) is 97.8 cm³/mol. The number of nitro groups is 1. The average molecular weight is 473 g/mol. The number of aromatic hydroxyl groups is 1. The van der Waals surface area contributed by atoms with Gasteiger partial charge >= 0.3 is 5.69 Å². The number of nitrogens with one attached hydrogen (secondary N) is 1. The molecule has 10 heteroatoms. The van der Waals surface area contributed by atoms with Crippen LogP contribution in [0, 0.1) is 10.1 Å². The Balaban J connectivity index is 1.95. The van der Waals surface area contributed by atoms with Crippen LogP contribution in [0.4, 0.5) is 5.69 Å². The monoisotopic (exact) mass is 471 g/mol. The fourth-order valence-electron chi connectivity index (χ4n) is 1.76. The van der Waals surface area contributed by atoms with Crippen LogP contribution in [0.3, 0.4) is 0 Å². The third-order valence-corrected chi connectivity index (χ3v) is 3.93. The first-order valence-corrected chi connectivity index (χ1v) is 8.33. The van der Waals surface area contributed by atoms with E-state index in [1.165, 1.54) is 24.4 Å². The number of hydrogen-bond acceptors (Lipinski definition) is 6. The SMILES string of the molecule is O=C(COc1ccccc1[N+](=O)[O-])NN=Cc1cc(Br)cc(Br)c1O. The van der Waals surface area contributed by atoms with Gasteiger partial charge in [0.1, 0.15) is 5.75 Å². The second-order valence-electron chi connectivity index (χ2n) is 4.63. The van der Waals surface area contributed by atoms with Crippen molar-refractivity contribution in [1.29, 1.82) is 0 Å². The van der Waals surface area contributed by atoms with E-state index in [0.29, 0.717) is 14.5 Å². The van der Waals surface area contributed by atoms with E-state index >= 15 is 0 Å². The van der Waals surface area contributed by atoms with E-state index in [0.717, 1.165) is 0 Å². The molecule has 0 atom stereocenters. The van der Waals surface area contributed by atoms with E-state index in [1.807, 2.05) is 0 Å². The number of hydrogen-bond donors (Lipinski definition) is 2. The first-order valence-electron chi connectivity index (χ1n) is 6.74. The highest BCUT2D eigenvalue weighted by Crippen LogP contribution is 2.30. The quantitative estimate of drug-likeness (QED) is 0.380. The van der Waals surface area contributed by atoms with E-state index in [9.17, 15) is 20.0 Å². The van der Waals surface area contributed by atoms with Crippen molar-refractivity contribution in [3.05, 3.63) is 61.0 Å². The summed E-state index contributed by atoms with van der Waals surface area (Å²) in [6.07, 6.45) is 1.26. The van der Waals surface area contributed by atoms with Crippen LogP contribution in [-0.4, -0.2) is 28.8 Å². The van der Waals surface area contributed by atoms with Gasteiger partial charge in [0.05, 0.1) is 15.6 Å². The zero-order chi connectivity index (χ0) is 18.4. The maximum atomic E-state index is 11.7. The fraction of sp³-hybridized carbons (Fsp3) is 0.0667. The lowest BCUT2D eigenvalue weighted by molar-refractivity contribution is -0.385. The minimum Gasteiger partial charge on any atom is -0.506 e. The highest BCUT2D eigenvalue weighted by Gasteiger charge is 2.14. The van der Waals surface area contributed by atoms with Crippen LogP contribution in [0.15, 0.2) is 50.4 Å². The third-order valence-electron chi connectivity index (χ3n) is 2.87. The lowest BCUT2D eigenvalue weighted by atomic mass is 10.2. The Bertz CT molecular complexity index is 842. The van der Waals surface area contributed by atoms with Crippen LogP contribution in [0.1, 0.15) is 5.56 Å². The molecular weight excluding hydrogens is 462 g/mol. The number of halogens is 2. The summed E-state index contributed by atoms with van der Waals surface area (Å²) < 4.78 is 6.31. The van der Waals surface area contributed by atoms with E-state index in [4.69, 9.17) is 4.74 Å². The van der Waals surface area contributed by atoms with Gasteiger partial charge in [-0.15, -0.1) is 0 Å². The Morgan fingerprint density at radius 3 is 2.80 bits per heavy atom. The lowest BCUT2D eigenvalue weighted by Crippen LogP contribution is -2.24. The number of ether oxygens (including phenoxy) is 1. The molecule has 25 heavy (non-hydrogen) atoms. The Labute approximate surface area is 158 Å². The molecular formula is C15H11Br2N3O5. The first-order chi connectivity index (χ1) is 11.9. The second kappa shape index (κ2) is 8.58. The van der Waals surface area contributed by atoms with E-state index in [-0.39, 0.29) is 17.2 Å². The number of nitro benzene ring substituents is 1. The van der Waals surface area contributed by atoms with Crippen LogP contribution in [0.5, 0.6) is 11.5 Å². The van der Waals surface area contributed by atoms with Crippen molar-refractivity contribution in [1.82, 2.24) is 5.43 Å². The molecule has 0 radical (unpaired) electrons. The molecule has 0 spiro atoms. The molecule has 0 aliphatic rings. The number of benzene rings is 2. The van der Waals surface area contributed by atoms with Crippen molar-refractivity contribution in [2.45, 2.75) is 0 Å². The first kappa shape index (κ1) is 18.9. The summed E-state index contributed by atoms with van der Waals surface area (Å²) in [7, 11) is 0. The summed E-state index contributed by atoms with van der Waals surface area (Å²) in [5.41, 5.74) is 2.35. The highest BCUT2D eigenvalue weighted by atomic mass is 79.9. The maximum absolute atomic E-state index is 11.7. The second-order valence-corrected chi connectivity index (χ2v) is 6.40. The number of amides is 1. The minimum absolute atomic E-state index is 0.0137. The van der Waals surface area contributed by atoms with Crippen molar-refractivity contribution in [2.24, 2.45) is 5.10 Å². The number of phenolic OH excluding ortho intramolecular Hbond substituents is 1. The number of phenols is 1. The van der Waals surface area contributed by atoms with Crippen molar-refractivity contribution in [2.75, 3.05) is 6.61 Å². The van der Waals surface area contributed by atoms with Crippen molar-refractivity contribution in [3.8, 4) is 11.5 Å². The molecule has 2 aromatic carbocycles. The van der Waals surface area contributed by atoms with Gasteiger partial charge in [-0.25, -0.2) is 5.43 Å². The molecule has 130 valence electrons. The molecule has 0 unspecified atom stereocenters. The number of hydrazone groups is 1. The Morgan fingerprint density at radius 1 is 1.36 bits per heavy atom. The summed E-state index contributed by atoms with van der Waals surface area (Å²) in [5, 5.41) is 24.4.